The predicted octanol–water partition coefficient (Wildman–Crippen LogP) is 1.28. The van der Waals surface area contributed by atoms with Crippen LogP contribution in [0.15, 0.2) is 16.3 Å². The number of rotatable bonds is 2. The summed E-state index contributed by atoms with van der Waals surface area (Å²) >= 11 is 0.960. The monoisotopic (exact) mass is 308 g/mol. The molecule has 9 heteroatoms. The third kappa shape index (κ3) is 2.92. The molecule has 0 aliphatic carbocycles. The largest absolute Gasteiger partial charge is 0.374 e. The third-order valence-corrected chi connectivity index (χ3v) is 5.39. The van der Waals surface area contributed by atoms with E-state index in [1.807, 2.05) is 0 Å². The maximum atomic E-state index is 13.4. The van der Waals surface area contributed by atoms with E-state index in [1.54, 1.807) is 6.07 Å². The number of ether oxygens (including phenoxy) is 1. The SMILES string of the molecule is N#Cc1sccc1S(=O)(=O)N1CCOCC(F)(F)C1. The molecular formula is C10H10F2N2O3S2. The second-order valence-electron chi connectivity index (χ2n) is 3.97. The average Bonchev–Trinajstić information content (AvgIpc) is 2.74. The quantitative estimate of drug-likeness (QED) is 0.825. The molecule has 1 aliphatic heterocycles. The first-order valence-corrected chi connectivity index (χ1v) is 7.62. The molecule has 5 nitrogen and oxygen atoms in total. The van der Waals surface area contributed by atoms with Crippen LogP contribution in [0.4, 0.5) is 8.78 Å². The Kier molecular flexibility index (Phi) is 3.87. The van der Waals surface area contributed by atoms with E-state index in [-0.39, 0.29) is 22.9 Å². The van der Waals surface area contributed by atoms with Gasteiger partial charge in [0.1, 0.15) is 22.4 Å². The lowest BCUT2D eigenvalue weighted by molar-refractivity contribution is -0.0630. The fraction of sp³-hybridized carbons (Fsp3) is 0.500. The van der Waals surface area contributed by atoms with Gasteiger partial charge in [-0.2, -0.15) is 9.57 Å². The van der Waals surface area contributed by atoms with Gasteiger partial charge in [-0.05, 0) is 11.4 Å². The molecule has 1 aromatic heterocycles. The second kappa shape index (κ2) is 5.13. The Morgan fingerprint density at radius 3 is 2.95 bits per heavy atom. The van der Waals surface area contributed by atoms with Gasteiger partial charge in [0.25, 0.3) is 5.92 Å². The molecule has 0 atom stereocenters. The van der Waals surface area contributed by atoms with Gasteiger partial charge >= 0.3 is 0 Å². The van der Waals surface area contributed by atoms with Crippen molar-refractivity contribution >= 4 is 21.4 Å². The van der Waals surface area contributed by atoms with Crippen molar-refractivity contribution in [3.63, 3.8) is 0 Å². The molecule has 19 heavy (non-hydrogen) atoms. The zero-order valence-corrected chi connectivity index (χ0v) is 11.3. The lowest BCUT2D eigenvalue weighted by atomic mass is 10.4. The zero-order chi connectivity index (χ0) is 14.1. The van der Waals surface area contributed by atoms with Crippen molar-refractivity contribution in [2.24, 2.45) is 0 Å². The molecule has 1 saturated heterocycles. The van der Waals surface area contributed by atoms with E-state index >= 15 is 0 Å². The molecule has 104 valence electrons. The number of thiophene rings is 1. The van der Waals surface area contributed by atoms with E-state index in [1.165, 1.54) is 11.4 Å². The molecule has 2 heterocycles. The summed E-state index contributed by atoms with van der Waals surface area (Å²) in [4.78, 5) is -0.230. The van der Waals surface area contributed by atoms with Crippen LogP contribution in [0.3, 0.4) is 0 Å². The number of nitrogens with zero attached hydrogens (tertiary/aromatic N) is 2. The zero-order valence-electron chi connectivity index (χ0n) is 9.67. The average molecular weight is 308 g/mol. The highest BCUT2D eigenvalue weighted by atomic mass is 32.2. The number of nitriles is 1. The molecule has 1 fully saturated rings. The van der Waals surface area contributed by atoms with Crippen molar-refractivity contribution in [3.8, 4) is 6.07 Å². The molecule has 0 spiro atoms. The molecule has 0 aromatic carbocycles. The van der Waals surface area contributed by atoms with E-state index < -0.39 is 29.1 Å². The highest BCUT2D eigenvalue weighted by molar-refractivity contribution is 7.89. The predicted molar refractivity (Wildman–Crippen MR) is 63.6 cm³/mol. The molecule has 1 aliphatic rings. The van der Waals surface area contributed by atoms with Crippen LogP contribution < -0.4 is 0 Å². The van der Waals surface area contributed by atoms with Crippen molar-refractivity contribution in [2.75, 3.05) is 26.3 Å². The van der Waals surface area contributed by atoms with E-state index in [0.717, 1.165) is 11.3 Å². The van der Waals surface area contributed by atoms with E-state index in [2.05, 4.69) is 0 Å². The smallest absolute Gasteiger partial charge is 0.284 e. The minimum atomic E-state index is -4.09. The van der Waals surface area contributed by atoms with Crippen molar-refractivity contribution in [3.05, 3.63) is 16.3 Å². The van der Waals surface area contributed by atoms with Gasteiger partial charge in [0.15, 0.2) is 0 Å². The van der Waals surface area contributed by atoms with Crippen LogP contribution in [0.25, 0.3) is 0 Å². The maximum Gasteiger partial charge on any atom is 0.284 e. The van der Waals surface area contributed by atoms with Gasteiger partial charge in [0.2, 0.25) is 10.0 Å². The molecule has 1 aromatic rings. The summed E-state index contributed by atoms with van der Waals surface area (Å²) in [6.07, 6.45) is 0. The van der Waals surface area contributed by atoms with Crippen LogP contribution in [0, 0.1) is 11.3 Å². The number of sulfonamides is 1. The second-order valence-corrected chi connectivity index (χ2v) is 6.80. The van der Waals surface area contributed by atoms with Gasteiger partial charge in [-0.25, -0.2) is 17.2 Å². The molecule has 0 N–H and O–H groups in total. The van der Waals surface area contributed by atoms with E-state index in [0.29, 0.717) is 4.31 Å². The highest BCUT2D eigenvalue weighted by Crippen LogP contribution is 2.28. The maximum absolute atomic E-state index is 13.4. The first-order chi connectivity index (χ1) is 8.87. The normalized spacial score (nSPS) is 20.7. The van der Waals surface area contributed by atoms with Crippen LogP contribution in [0.5, 0.6) is 0 Å². The first kappa shape index (κ1) is 14.3. The number of hydrogen-bond acceptors (Lipinski definition) is 5. The summed E-state index contributed by atoms with van der Waals surface area (Å²) in [6, 6.07) is 3.00. The summed E-state index contributed by atoms with van der Waals surface area (Å²) < 4.78 is 56.6. The Balaban J connectivity index is 2.37. The summed E-state index contributed by atoms with van der Waals surface area (Å²) in [7, 11) is -4.09. The Morgan fingerprint density at radius 1 is 1.53 bits per heavy atom. The van der Waals surface area contributed by atoms with Crippen molar-refractivity contribution < 1.29 is 21.9 Å². The Hall–Kier alpha value is -1.08. The van der Waals surface area contributed by atoms with Crippen LogP contribution >= 0.6 is 11.3 Å². The summed E-state index contributed by atoms with van der Waals surface area (Å²) in [5.41, 5.74) is 0. The van der Waals surface area contributed by atoms with Crippen molar-refractivity contribution in [1.29, 1.82) is 5.26 Å². The Morgan fingerprint density at radius 2 is 2.26 bits per heavy atom. The van der Waals surface area contributed by atoms with Gasteiger partial charge < -0.3 is 4.74 Å². The number of halogens is 2. The van der Waals surface area contributed by atoms with Crippen LogP contribution in [-0.2, 0) is 14.8 Å². The topological polar surface area (TPSA) is 70.4 Å². The summed E-state index contributed by atoms with van der Waals surface area (Å²) in [6.45, 7) is -1.98. The standard InChI is InChI=1S/C10H10F2N2O3S2/c11-10(12)6-14(2-3-17-7-10)19(15,16)9-1-4-18-8(9)5-13/h1,4H,2-3,6-7H2. The Bertz CT molecular complexity index is 607. The van der Waals surface area contributed by atoms with Crippen LogP contribution in [0.1, 0.15) is 4.88 Å². The van der Waals surface area contributed by atoms with Crippen LogP contribution in [0.2, 0.25) is 0 Å². The fourth-order valence-corrected chi connectivity index (χ4v) is 4.29. The summed E-state index contributed by atoms with van der Waals surface area (Å²) in [5.74, 6) is -3.23. The Labute approximate surface area is 113 Å². The third-order valence-electron chi connectivity index (χ3n) is 2.55. The van der Waals surface area contributed by atoms with Gasteiger partial charge in [-0.15, -0.1) is 11.3 Å². The van der Waals surface area contributed by atoms with Gasteiger partial charge in [-0.1, -0.05) is 0 Å². The van der Waals surface area contributed by atoms with Gasteiger partial charge in [0.05, 0.1) is 13.2 Å². The molecule has 0 radical (unpaired) electrons. The molecule has 0 bridgehead atoms. The van der Waals surface area contributed by atoms with E-state index in [9.17, 15) is 17.2 Å². The minimum absolute atomic E-state index is 0.00604. The molecular weight excluding hydrogens is 298 g/mol. The molecule has 0 unspecified atom stereocenters. The van der Waals surface area contributed by atoms with E-state index in [4.69, 9.17) is 10.00 Å². The minimum Gasteiger partial charge on any atom is -0.374 e. The molecule has 0 saturated carbocycles. The molecule has 2 rings (SSSR count). The van der Waals surface area contributed by atoms with Crippen LogP contribution in [-0.4, -0.2) is 44.9 Å². The highest BCUT2D eigenvalue weighted by Gasteiger charge is 2.40. The first-order valence-electron chi connectivity index (χ1n) is 5.30. The van der Waals surface area contributed by atoms with Gasteiger partial charge in [0, 0.05) is 6.54 Å². The lowest BCUT2D eigenvalue weighted by Crippen LogP contribution is -2.41. The summed E-state index contributed by atoms with van der Waals surface area (Å²) in [5, 5.41) is 10.3. The molecule has 0 amide bonds. The van der Waals surface area contributed by atoms with Crippen molar-refractivity contribution in [2.45, 2.75) is 10.8 Å². The lowest BCUT2D eigenvalue weighted by Gasteiger charge is -2.22. The van der Waals surface area contributed by atoms with Crippen molar-refractivity contribution in [1.82, 2.24) is 4.31 Å². The van der Waals surface area contributed by atoms with Gasteiger partial charge in [-0.3, -0.25) is 0 Å². The fourth-order valence-electron chi connectivity index (χ4n) is 1.70. The number of alkyl halides is 2. The number of hydrogen-bond donors (Lipinski definition) is 0.